The van der Waals surface area contributed by atoms with E-state index in [4.69, 9.17) is 23.7 Å². The molecule has 0 N–H and O–H groups in total. The van der Waals surface area contributed by atoms with E-state index < -0.39 is 54.4 Å². The average Bonchev–Trinajstić information content (AvgIpc) is 2.50. The number of carbonyl (C=O) groups excluding carboxylic acids is 4. The van der Waals surface area contributed by atoms with Crippen molar-refractivity contribution in [1.29, 1.82) is 0 Å². The van der Waals surface area contributed by atoms with Crippen molar-refractivity contribution in [3.05, 3.63) is 12.2 Å². The second-order valence-electron chi connectivity index (χ2n) is 5.69. The van der Waals surface area contributed by atoms with Crippen LogP contribution < -0.4 is 0 Å². The molecule has 0 aromatic carbocycles. The van der Waals surface area contributed by atoms with Crippen molar-refractivity contribution >= 4 is 23.9 Å². The van der Waals surface area contributed by atoms with Crippen LogP contribution in [0.4, 0.5) is 0 Å². The molecule has 26 heavy (non-hydrogen) atoms. The molecule has 1 saturated heterocycles. The average molecular weight is 372 g/mol. The normalized spacial score (nSPS) is 28.3. The van der Waals surface area contributed by atoms with E-state index in [1.807, 2.05) is 0 Å². The molecule has 1 aliphatic rings. The summed E-state index contributed by atoms with van der Waals surface area (Å²) in [4.78, 5) is 45.7. The first-order chi connectivity index (χ1) is 12.1. The third-order valence-electron chi connectivity index (χ3n) is 3.41. The van der Waals surface area contributed by atoms with E-state index in [1.54, 1.807) is 19.1 Å². The quantitative estimate of drug-likeness (QED) is 0.377. The van der Waals surface area contributed by atoms with Crippen LogP contribution in [0.2, 0.25) is 0 Å². The van der Waals surface area contributed by atoms with Crippen LogP contribution in [0.1, 0.15) is 34.6 Å². The molecule has 0 aliphatic carbocycles. The molecule has 0 bridgehead atoms. The first kappa shape index (κ1) is 21.6. The van der Waals surface area contributed by atoms with Crippen LogP contribution in [-0.2, 0) is 42.9 Å². The van der Waals surface area contributed by atoms with Crippen LogP contribution in [0.25, 0.3) is 0 Å². The summed E-state index contributed by atoms with van der Waals surface area (Å²) in [5, 5.41) is 0. The van der Waals surface area contributed by atoms with Crippen LogP contribution in [0.5, 0.6) is 0 Å². The SMILES string of the molecule is C/C=C/[C@H]1OC(COC(C)=O)[C@H](OC(C)=O)[C@H](OC(C)=O)C1OC(C)=O. The van der Waals surface area contributed by atoms with Crippen molar-refractivity contribution in [1.82, 2.24) is 0 Å². The number of rotatable bonds is 6. The van der Waals surface area contributed by atoms with Crippen LogP contribution in [-0.4, -0.2) is 61.0 Å². The van der Waals surface area contributed by atoms with Gasteiger partial charge < -0.3 is 23.7 Å². The molecule has 1 rings (SSSR count). The summed E-state index contributed by atoms with van der Waals surface area (Å²) >= 11 is 0. The molecule has 2 unspecified atom stereocenters. The summed E-state index contributed by atoms with van der Waals surface area (Å²) in [7, 11) is 0. The van der Waals surface area contributed by atoms with Gasteiger partial charge in [-0.15, -0.1) is 0 Å². The number of hydrogen-bond donors (Lipinski definition) is 0. The van der Waals surface area contributed by atoms with Crippen molar-refractivity contribution in [2.24, 2.45) is 0 Å². The monoisotopic (exact) mass is 372 g/mol. The van der Waals surface area contributed by atoms with E-state index in [9.17, 15) is 19.2 Å². The van der Waals surface area contributed by atoms with Gasteiger partial charge in [0.05, 0.1) is 0 Å². The molecule has 0 radical (unpaired) electrons. The van der Waals surface area contributed by atoms with Gasteiger partial charge in [0.15, 0.2) is 18.3 Å². The van der Waals surface area contributed by atoms with Crippen LogP contribution in [0.3, 0.4) is 0 Å². The largest absolute Gasteiger partial charge is 0.463 e. The Kier molecular flexibility index (Phi) is 8.24. The lowest BCUT2D eigenvalue weighted by Gasteiger charge is -2.43. The highest BCUT2D eigenvalue weighted by Crippen LogP contribution is 2.29. The van der Waals surface area contributed by atoms with Crippen molar-refractivity contribution in [3.8, 4) is 0 Å². The minimum absolute atomic E-state index is 0.230. The van der Waals surface area contributed by atoms with E-state index >= 15 is 0 Å². The lowest BCUT2D eigenvalue weighted by atomic mass is 9.94. The zero-order valence-corrected chi connectivity index (χ0v) is 15.4. The van der Waals surface area contributed by atoms with Gasteiger partial charge in [-0.1, -0.05) is 12.2 Å². The van der Waals surface area contributed by atoms with Crippen LogP contribution in [0, 0.1) is 0 Å². The Balaban J connectivity index is 3.26. The molecule has 0 aromatic heterocycles. The van der Waals surface area contributed by atoms with Gasteiger partial charge in [-0.3, -0.25) is 19.2 Å². The minimum atomic E-state index is -1.13. The third-order valence-corrected chi connectivity index (χ3v) is 3.41. The summed E-state index contributed by atoms with van der Waals surface area (Å²) < 4.78 is 26.6. The summed E-state index contributed by atoms with van der Waals surface area (Å²) in [5.74, 6) is -2.49. The summed E-state index contributed by atoms with van der Waals surface area (Å²) in [6.07, 6.45) is -1.72. The van der Waals surface area contributed by atoms with Gasteiger partial charge >= 0.3 is 23.9 Å². The van der Waals surface area contributed by atoms with Crippen molar-refractivity contribution in [3.63, 3.8) is 0 Å². The smallest absolute Gasteiger partial charge is 0.303 e. The topological polar surface area (TPSA) is 114 Å². The molecular weight excluding hydrogens is 348 g/mol. The maximum absolute atomic E-state index is 11.6. The molecular formula is C17H24O9. The van der Waals surface area contributed by atoms with E-state index in [0.717, 1.165) is 0 Å². The van der Waals surface area contributed by atoms with Crippen LogP contribution in [0.15, 0.2) is 12.2 Å². The molecule has 1 aliphatic heterocycles. The zero-order valence-electron chi connectivity index (χ0n) is 15.4. The maximum Gasteiger partial charge on any atom is 0.303 e. The molecule has 0 spiro atoms. The second-order valence-corrected chi connectivity index (χ2v) is 5.69. The van der Waals surface area contributed by atoms with Gasteiger partial charge in [0.2, 0.25) is 0 Å². The minimum Gasteiger partial charge on any atom is -0.463 e. The molecule has 9 nitrogen and oxygen atoms in total. The van der Waals surface area contributed by atoms with E-state index in [0.29, 0.717) is 0 Å². The fourth-order valence-corrected chi connectivity index (χ4v) is 2.61. The molecule has 0 saturated carbocycles. The molecule has 0 amide bonds. The lowest BCUT2D eigenvalue weighted by molar-refractivity contribution is -0.244. The predicted octanol–water partition coefficient (Wildman–Crippen LogP) is 0.688. The fourth-order valence-electron chi connectivity index (χ4n) is 2.61. The van der Waals surface area contributed by atoms with Gasteiger partial charge in [-0.05, 0) is 6.92 Å². The van der Waals surface area contributed by atoms with Crippen molar-refractivity contribution in [2.45, 2.75) is 65.1 Å². The number of allylic oxidation sites excluding steroid dienone is 1. The van der Waals surface area contributed by atoms with Gasteiger partial charge in [-0.2, -0.15) is 0 Å². The Labute approximate surface area is 151 Å². The predicted molar refractivity (Wildman–Crippen MR) is 86.8 cm³/mol. The number of carbonyl (C=O) groups is 4. The first-order valence-electron chi connectivity index (χ1n) is 8.09. The Bertz CT molecular complexity index is 569. The Morgan fingerprint density at radius 3 is 1.77 bits per heavy atom. The highest BCUT2D eigenvalue weighted by atomic mass is 16.7. The van der Waals surface area contributed by atoms with Gasteiger partial charge in [0, 0.05) is 27.7 Å². The number of ether oxygens (including phenoxy) is 5. The van der Waals surface area contributed by atoms with E-state index in [-0.39, 0.29) is 6.61 Å². The van der Waals surface area contributed by atoms with Crippen molar-refractivity contribution < 1.29 is 42.9 Å². The zero-order chi connectivity index (χ0) is 19.9. The lowest BCUT2D eigenvalue weighted by Crippen LogP contribution is -2.61. The Morgan fingerprint density at radius 2 is 1.31 bits per heavy atom. The number of hydrogen-bond acceptors (Lipinski definition) is 9. The van der Waals surface area contributed by atoms with Gasteiger partial charge in [-0.25, -0.2) is 0 Å². The third kappa shape index (κ3) is 6.47. The second kappa shape index (κ2) is 9.91. The van der Waals surface area contributed by atoms with Gasteiger partial charge in [0.1, 0.15) is 18.8 Å². The van der Waals surface area contributed by atoms with E-state index in [1.165, 1.54) is 27.7 Å². The molecule has 5 atom stereocenters. The highest BCUT2D eigenvalue weighted by molar-refractivity contribution is 5.68. The van der Waals surface area contributed by atoms with Crippen molar-refractivity contribution in [2.75, 3.05) is 6.61 Å². The fraction of sp³-hybridized carbons (Fsp3) is 0.647. The molecule has 1 heterocycles. The van der Waals surface area contributed by atoms with E-state index in [2.05, 4.69) is 0 Å². The molecule has 146 valence electrons. The number of esters is 4. The summed E-state index contributed by atoms with van der Waals surface area (Å²) in [6, 6.07) is 0. The highest BCUT2D eigenvalue weighted by Gasteiger charge is 2.51. The first-order valence-corrected chi connectivity index (χ1v) is 8.09. The molecule has 9 heteroatoms. The van der Waals surface area contributed by atoms with Gasteiger partial charge in [0.25, 0.3) is 0 Å². The Morgan fingerprint density at radius 1 is 0.808 bits per heavy atom. The van der Waals surface area contributed by atoms with Crippen LogP contribution >= 0.6 is 0 Å². The maximum atomic E-state index is 11.6. The summed E-state index contributed by atoms with van der Waals surface area (Å²) in [6.45, 7) is 6.27. The molecule has 0 aromatic rings. The molecule has 1 fully saturated rings. The standard InChI is InChI=1S/C17H24O9/c1-6-7-13-15(23-10(3)19)17(25-12(5)21)16(24-11(4)20)14(26-13)8-22-9(2)18/h6-7,13-17H,8H2,1-5H3/b7-6+/t13-,14?,15?,16+,17-/m1/s1. The Hall–Kier alpha value is -2.42. The summed E-state index contributed by atoms with van der Waals surface area (Å²) in [5.41, 5.74) is 0.